The van der Waals surface area contributed by atoms with Gasteiger partial charge in [-0.15, -0.1) is 0 Å². The minimum atomic E-state index is -0.765. The lowest BCUT2D eigenvalue weighted by molar-refractivity contribution is -0.142. The van der Waals surface area contributed by atoms with Gasteiger partial charge in [-0.3, -0.25) is 0 Å². The second kappa shape index (κ2) is 4.77. The fourth-order valence-electron chi connectivity index (χ4n) is 0.401. The Morgan fingerprint density at radius 1 is 1.42 bits per heavy atom. The fraction of sp³-hybridized carbons (Fsp3) is 0.571. The van der Waals surface area contributed by atoms with E-state index in [9.17, 15) is 4.79 Å². The third kappa shape index (κ3) is 4.62. The van der Waals surface area contributed by atoms with Crippen molar-refractivity contribution in [1.29, 1.82) is 0 Å². The standard InChI is InChI=1S/C7H9Br3O2/c1-4(2)12-6(11)5(3)7(8,9)10/h4H,3H2,1-2H3. The maximum Gasteiger partial charge on any atom is 0.336 e. The normalized spacial score (nSPS) is 11.5. The summed E-state index contributed by atoms with van der Waals surface area (Å²) in [5, 5.41) is 0. The van der Waals surface area contributed by atoms with E-state index in [0.29, 0.717) is 0 Å². The van der Waals surface area contributed by atoms with Gasteiger partial charge in [0.05, 0.1) is 11.7 Å². The Morgan fingerprint density at radius 2 is 1.83 bits per heavy atom. The Morgan fingerprint density at radius 3 is 2.08 bits per heavy atom. The van der Waals surface area contributed by atoms with Gasteiger partial charge in [0, 0.05) is 0 Å². The van der Waals surface area contributed by atoms with Gasteiger partial charge in [0.2, 0.25) is 0 Å². The number of carbonyl (C=O) groups excluding carboxylic acids is 1. The lowest BCUT2D eigenvalue weighted by atomic mass is 10.3. The SMILES string of the molecule is C=C(C(=O)OC(C)C)C(Br)(Br)Br. The molecule has 0 unspecified atom stereocenters. The average molecular weight is 365 g/mol. The molecular weight excluding hydrogens is 356 g/mol. The highest BCUT2D eigenvalue weighted by Gasteiger charge is 2.29. The molecule has 0 bridgehead atoms. The molecule has 0 aromatic carbocycles. The molecule has 0 saturated carbocycles. The number of hydrogen-bond donors (Lipinski definition) is 0. The van der Waals surface area contributed by atoms with Gasteiger partial charge in [0.15, 0.2) is 2.14 Å². The smallest absolute Gasteiger partial charge is 0.336 e. The quantitative estimate of drug-likeness (QED) is 0.427. The predicted octanol–water partition coefficient (Wildman–Crippen LogP) is 3.33. The summed E-state index contributed by atoms with van der Waals surface area (Å²) in [5.41, 5.74) is 0.274. The van der Waals surface area contributed by atoms with E-state index >= 15 is 0 Å². The molecule has 12 heavy (non-hydrogen) atoms. The Bertz CT molecular complexity index is 193. The summed E-state index contributed by atoms with van der Waals surface area (Å²) in [5.74, 6) is -0.435. The van der Waals surface area contributed by atoms with Crippen LogP contribution >= 0.6 is 47.8 Å². The summed E-state index contributed by atoms with van der Waals surface area (Å²) in [6.45, 7) is 7.13. The van der Waals surface area contributed by atoms with Crippen LogP contribution in [0.25, 0.3) is 0 Å². The highest BCUT2D eigenvalue weighted by atomic mass is 80.0. The molecule has 0 radical (unpaired) electrons. The van der Waals surface area contributed by atoms with Crippen molar-refractivity contribution in [3.8, 4) is 0 Å². The van der Waals surface area contributed by atoms with Crippen LogP contribution in [0.2, 0.25) is 0 Å². The summed E-state index contributed by atoms with van der Waals surface area (Å²) in [4.78, 5) is 11.2. The van der Waals surface area contributed by atoms with Gasteiger partial charge < -0.3 is 4.74 Å². The molecule has 0 aromatic rings. The van der Waals surface area contributed by atoms with E-state index in [1.54, 1.807) is 13.8 Å². The van der Waals surface area contributed by atoms with Gasteiger partial charge in [-0.1, -0.05) is 54.4 Å². The highest BCUT2D eigenvalue weighted by Crippen LogP contribution is 2.40. The van der Waals surface area contributed by atoms with E-state index in [-0.39, 0.29) is 11.7 Å². The molecule has 0 heterocycles. The van der Waals surface area contributed by atoms with Crippen LogP contribution in [0.4, 0.5) is 0 Å². The Kier molecular flexibility index (Phi) is 5.02. The van der Waals surface area contributed by atoms with Crippen LogP contribution in [0.1, 0.15) is 13.8 Å². The van der Waals surface area contributed by atoms with Crippen LogP contribution in [0.5, 0.6) is 0 Å². The zero-order valence-electron chi connectivity index (χ0n) is 6.73. The number of ether oxygens (including phenoxy) is 1. The average Bonchev–Trinajstić information content (AvgIpc) is 1.82. The summed E-state index contributed by atoms with van der Waals surface area (Å²) >= 11 is 9.50. The molecule has 0 aliphatic carbocycles. The highest BCUT2D eigenvalue weighted by molar-refractivity contribution is 9.39. The first-order valence-electron chi connectivity index (χ1n) is 3.22. The molecule has 0 aromatic heterocycles. The van der Waals surface area contributed by atoms with Gasteiger partial charge in [-0.2, -0.15) is 0 Å². The predicted molar refractivity (Wildman–Crippen MR) is 59.9 cm³/mol. The number of halogens is 3. The summed E-state index contributed by atoms with van der Waals surface area (Å²) in [6, 6.07) is 0. The van der Waals surface area contributed by atoms with E-state index in [1.807, 2.05) is 0 Å². The van der Waals surface area contributed by atoms with Crippen molar-refractivity contribution in [1.82, 2.24) is 0 Å². The monoisotopic (exact) mass is 362 g/mol. The number of alkyl halides is 3. The van der Waals surface area contributed by atoms with Crippen LogP contribution in [0.15, 0.2) is 12.2 Å². The largest absolute Gasteiger partial charge is 0.460 e. The van der Waals surface area contributed by atoms with Gasteiger partial charge in [-0.05, 0) is 13.8 Å². The van der Waals surface area contributed by atoms with Crippen molar-refractivity contribution >= 4 is 53.8 Å². The Labute approximate surface area is 97.1 Å². The van der Waals surface area contributed by atoms with Gasteiger partial charge in [-0.25, -0.2) is 4.79 Å². The Hall–Kier alpha value is 0.650. The molecule has 5 heteroatoms. The summed E-state index contributed by atoms with van der Waals surface area (Å²) in [7, 11) is 0. The maximum atomic E-state index is 11.2. The topological polar surface area (TPSA) is 26.3 Å². The van der Waals surface area contributed by atoms with Crippen molar-refractivity contribution in [3.05, 3.63) is 12.2 Å². The van der Waals surface area contributed by atoms with E-state index in [4.69, 9.17) is 4.74 Å². The first kappa shape index (κ1) is 12.7. The number of carbonyl (C=O) groups is 1. The molecule has 0 atom stereocenters. The molecule has 0 rings (SSSR count). The first-order valence-corrected chi connectivity index (χ1v) is 5.60. The molecule has 0 spiro atoms. The molecule has 0 saturated heterocycles. The lowest BCUT2D eigenvalue weighted by Gasteiger charge is -2.15. The minimum Gasteiger partial charge on any atom is -0.460 e. The van der Waals surface area contributed by atoms with Crippen LogP contribution in [-0.4, -0.2) is 14.2 Å². The van der Waals surface area contributed by atoms with Crippen molar-refractivity contribution in [2.24, 2.45) is 0 Å². The minimum absolute atomic E-state index is 0.135. The molecule has 0 aliphatic rings. The number of hydrogen-bond acceptors (Lipinski definition) is 2. The third-order valence-electron chi connectivity index (χ3n) is 0.931. The van der Waals surface area contributed by atoms with Gasteiger partial charge in [0.1, 0.15) is 0 Å². The van der Waals surface area contributed by atoms with Crippen LogP contribution in [0, 0.1) is 0 Å². The number of esters is 1. The summed E-state index contributed by atoms with van der Waals surface area (Å²) < 4.78 is 4.15. The molecule has 0 fully saturated rings. The van der Waals surface area contributed by atoms with Crippen molar-refractivity contribution in [2.45, 2.75) is 22.1 Å². The van der Waals surface area contributed by atoms with Gasteiger partial charge >= 0.3 is 5.97 Å². The molecule has 70 valence electrons. The van der Waals surface area contributed by atoms with Crippen LogP contribution < -0.4 is 0 Å². The maximum absolute atomic E-state index is 11.2. The van der Waals surface area contributed by atoms with E-state index in [1.165, 1.54) is 0 Å². The second-order valence-corrected chi connectivity index (χ2v) is 9.19. The molecule has 0 aliphatic heterocycles. The third-order valence-corrected chi connectivity index (χ3v) is 2.37. The van der Waals surface area contributed by atoms with E-state index in [2.05, 4.69) is 54.4 Å². The zero-order valence-corrected chi connectivity index (χ0v) is 11.5. The second-order valence-electron chi connectivity index (χ2n) is 2.43. The van der Waals surface area contributed by atoms with Gasteiger partial charge in [0.25, 0.3) is 0 Å². The molecule has 0 N–H and O–H groups in total. The van der Waals surface area contributed by atoms with Crippen LogP contribution in [-0.2, 0) is 9.53 Å². The fourth-order valence-corrected chi connectivity index (χ4v) is 0.887. The van der Waals surface area contributed by atoms with Crippen molar-refractivity contribution in [3.63, 3.8) is 0 Å². The summed E-state index contributed by atoms with van der Waals surface area (Å²) in [6.07, 6.45) is -0.135. The molecular formula is C7H9Br3O2. The first-order chi connectivity index (χ1) is 5.25. The van der Waals surface area contributed by atoms with E-state index < -0.39 is 8.11 Å². The van der Waals surface area contributed by atoms with Crippen molar-refractivity contribution < 1.29 is 9.53 Å². The number of rotatable bonds is 2. The van der Waals surface area contributed by atoms with E-state index in [0.717, 1.165) is 0 Å². The molecule has 0 amide bonds. The van der Waals surface area contributed by atoms with Crippen LogP contribution in [0.3, 0.4) is 0 Å². The van der Waals surface area contributed by atoms with Crippen molar-refractivity contribution in [2.75, 3.05) is 0 Å². The zero-order chi connectivity index (χ0) is 9.94. The Balaban J connectivity index is 4.22. The lowest BCUT2D eigenvalue weighted by Crippen LogP contribution is -2.20. The molecule has 2 nitrogen and oxygen atoms in total.